The highest BCUT2D eigenvalue weighted by molar-refractivity contribution is 4.79. The molecular formula is C6H10O2. The third-order valence-electron chi connectivity index (χ3n) is 0.475. The predicted octanol–water partition coefficient (Wildman–Crippen LogP) is 0.978. The lowest BCUT2D eigenvalue weighted by molar-refractivity contribution is 0.267. The van der Waals surface area contributed by atoms with Gasteiger partial charge in [-0.2, -0.15) is 0 Å². The molecule has 0 aromatic carbocycles. The van der Waals surface area contributed by atoms with E-state index in [2.05, 4.69) is 21.7 Å². The second kappa shape index (κ2) is 6.16. The number of rotatable bonds is 2. The fourth-order valence-corrected chi connectivity index (χ4v) is 0.203. The van der Waals surface area contributed by atoms with Gasteiger partial charge in [0.15, 0.2) is 12.2 Å². The zero-order chi connectivity index (χ0) is 6.24. The van der Waals surface area contributed by atoms with Crippen molar-refractivity contribution in [1.82, 2.24) is 0 Å². The first-order valence-corrected chi connectivity index (χ1v) is 2.65. The summed E-state index contributed by atoms with van der Waals surface area (Å²) in [4.78, 5) is 0. The van der Waals surface area contributed by atoms with E-state index in [9.17, 15) is 0 Å². The molecule has 0 bridgehead atoms. The Morgan fingerprint density at radius 3 is 1.62 bits per heavy atom. The Kier molecular flexibility index (Phi) is 5.51. The van der Waals surface area contributed by atoms with Gasteiger partial charge in [0.1, 0.15) is 0 Å². The predicted molar refractivity (Wildman–Crippen MR) is 31.0 cm³/mol. The Morgan fingerprint density at radius 2 is 1.38 bits per heavy atom. The molecule has 2 heteroatoms. The van der Waals surface area contributed by atoms with Gasteiger partial charge >= 0.3 is 0 Å². The van der Waals surface area contributed by atoms with E-state index in [1.165, 1.54) is 0 Å². The van der Waals surface area contributed by atoms with Crippen molar-refractivity contribution in [1.29, 1.82) is 0 Å². The minimum Gasteiger partial charge on any atom is -0.445 e. The van der Waals surface area contributed by atoms with E-state index in [1.54, 1.807) is 0 Å². The van der Waals surface area contributed by atoms with Crippen LogP contribution >= 0.6 is 0 Å². The lowest BCUT2D eigenvalue weighted by atomic mass is 10.9. The normalized spacial score (nSPS) is 6.75. The van der Waals surface area contributed by atoms with Gasteiger partial charge in [-0.15, -0.1) is 0 Å². The molecule has 0 aliphatic carbocycles. The quantitative estimate of drug-likeness (QED) is 0.498. The first kappa shape index (κ1) is 7.16. The molecule has 46 valence electrons. The van der Waals surface area contributed by atoms with Crippen LogP contribution in [0.4, 0.5) is 0 Å². The van der Waals surface area contributed by atoms with Gasteiger partial charge in [0.25, 0.3) is 0 Å². The SMILES string of the molecule is CCOC#COCC. The summed E-state index contributed by atoms with van der Waals surface area (Å²) in [6, 6.07) is 0. The van der Waals surface area contributed by atoms with Crippen LogP contribution in [0.15, 0.2) is 0 Å². The van der Waals surface area contributed by atoms with Crippen molar-refractivity contribution in [2.45, 2.75) is 13.8 Å². The highest BCUT2D eigenvalue weighted by atomic mass is 16.5. The van der Waals surface area contributed by atoms with Gasteiger partial charge in [-0.3, -0.25) is 0 Å². The summed E-state index contributed by atoms with van der Waals surface area (Å²) in [5, 5.41) is 0. The maximum absolute atomic E-state index is 4.65. The fraction of sp³-hybridized carbons (Fsp3) is 0.667. The summed E-state index contributed by atoms with van der Waals surface area (Å²) in [6.45, 7) is 4.97. The standard InChI is InChI=1S/C6H10O2/c1-3-7-5-6-8-4-2/h3-4H2,1-2H3. The molecule has 0 radical (unpaired) electrons. The third kappa shape index (κ3) is 5.16. The summed E-state index contributed by atoms with van der Waals surface area (Å²) in [7, 11) is 0. The Balaban J connectivity index is 2.95. The molecule has 0 atom stereocenters. The van der Waals surface area contributed by atoms with Crippen LogP contribution in [0, 0.1) is 12.2 Å². The van der Waals surface area contributed by atoms with Crippen molar-refractivity contribution in [2.24, 2.45) is 0 Å². The van der Waals surface area contributed by atoms with Crippen LogP contribution in [-0.4, -0.2) is 13.2 Å². The number of hydrogen-bond donors (Lipinski definition) is 0. The van der Waals surface area contributed by atoms with Crippen LogP contribution in [0.25, 0.3) is 0 Å². The van der Waals surface area contributed by atoms with Gasteiger partial charge in [0.2, 0.25) is 0 Å². The Labute approximate surface area is 49.8 Å². The second-order valence-electron chi connectivity index (χ2n) is 1.07. The van der Waals surface area contributed by atoms with Gasteiger partial charge in [-0.1, -0.05) is 0 Å². The van der Waals surface area contributed by atoms with Gasteiger partial charge < -0.3 is 9.47 Å². The summed E-state index contributed by atoms with van der Waals surface area (Å²) < 4.78 is 9.30. The molecule has 0 aromatic heterocycles. The molecule has 0 N–H and O–H groups in total. The fourth-order valence-electron chi connectivity index (χ4n) is 0.203. The van der Waals surface area contributed by atoms with Crippen LogP contribution in [-0.2, 0) is 9.47 Å². The summed E-state index contributed by atoms with van der Waals surface area (Å²) in [5.74, 6) is 0. The summed E-state index contributed by atoms with van der Waals surface area (Å²) in [6.07, 6.45) is 4.73. The van der Waals surface area contributed by atoms with E-state index < -0.39 is 0 Å². The zero-order valence-electron chi connectivity index (χ0n) is 5.23. The van der Waals surface area contributed by atoms with Crippen LogP contribution in [0.2, 0.25) is 0 Å². The van der Waals surface area contributed by atoms with Crippen molar-refractivity contribution in [3.05, 3.63) is 0 Å². The van der Waals surface area contributed by atoms with Crippen molar-refractivity contribution in [3.8, 4) is 12.2 Å². The highest BCUT2D eigenvalue weighted by Gasteiger charge is 1.67. The average Bonchev–Trinajstić information content (AvgIpc) is 1.81. The second-order valence-corrected chi connectivity index (χ2v) is 1.07. The van der Waals surface area contributed by atoms with Crippen molar-refractivity contribution >= 4 is 0 Å². The molecule has 0 saturated heterocycles. The Bertz CT molecular complexity index is 78.4. The monoisotopic (exact) mass is 114 g/mol. The first-order valence-electron chi connectivity index (χ1n) is 2.65. The van der Waals surface area contributed by atoms with Crippen molar-refractivity contribution in [2.75, 3.05) is 13.2 Å². The molecular weight excluding hydrogens is 104 g/mol. The average molecular weight is 114 g/mol. The van der Waals surface area contributed by atoms with E-state index in [4.69, 9.17) is 0 Å². The van der Waals surface area contributed by atoms with Crippen LogP contribution in [0.1, 0.15) is 13.8 Å². The van der Waals surface area contributed by atoms with E-state index in [0.717, 1.165) is 0 Å². The molecule has 2 nitrogen and oxygen atoms in total. The van der Waals surface area contributed by atoms with E-state index in [-0.39, 0.29) is 0 Å². The number of ether oxygens (including phenoxy) is 2. The van der Waals surface area contributed by atoms with Gasteiger partial charge in [-0.05, 0) is 13.8 Å². The first-order chi connectivity index (χ1) is 3.91. The van der Waals surface area contributed by atoms with E-state index in [0.29, 0.717) is 13.2 Å². The van der Waals surface area contributed by atoms with Gasteiger partial charge in [0, 0.05) is 0 Å². The minimum absolute atomic E-state index is 0.611. The minimum atomic E-state index is 0.611. The molecule has 0 unspecified atom stereocenters. The molecule has 0 aromatic rings. The third-order valence-corrected chi connectivity index (χ3v) is 0.475. The molecule has 0 aliphatic rings. The molecule has 0 rings (SSSR count). The molecule has 0 heterocycles. The van der Waals surface area contributed by atoms with E-state index in [1.807, 2.05) is 13.8 Å². The molecule has 0 saturated carbocycles. The zero-order valence-corrected chi connectivity index (χ0v) is 5.23. The largest absolute Gasteiger partial charge is 0.445 e. The Hall–Kier alpha value is -0.840. The summed E-state index contributed by atoms with van der Waals surface area (Å²) >= 11 is 0. The smallest absolute Gasteiger partial charge is 0.154 e. The topological polar surface area (TPSA) is 18.5 Å². The van der Waals surface area contributed by atoms with Gasteiger partial charge in [-0.25, -0.2) is 0 Å². The lowest BCUT2D eigenvalue weighted by Crippen LogP contribution is -1.80. The van der Waals surface area contributed by atoms with Gasteiger partial charge in [0.05, 0.1) is 13.2 Å². The molecule has 0 amide bonds. The molecule has 0 fully saturated rings. The molecule has 0 spiro atoms. The molecule has 0 aliphatic heterocycles. The maximum Gasteiger partial charge on any atom is 0.154 e. The Morgan fingerprint density at radius 1 is 1.00 bits per heavy atom. The van der Waals surface area contributed by atoms with Crippen molar-refractivity contribution in [3.63, 3.8) is 0 Å². The van der Waals surface area contributed by atoms with E-state index >= 15 is 0 Å². The molecule has 8 heavy (non-hydrogen) atoms. The number of hydrogen-bond acceptors (Lipinski definition) is 2. The maximum atomic E-state index is 4.65. The van der Waals surface area contributed by atoms with Crippen molar-refractivity contribution < 1.29 is 9.47 Å². The lowest BCUT2D eigenvalue weighted by Gasteiger charge is -1.85. The van der Waals surface area contributed by atoms with Crippen LogP contribution < -0.4 is 0 Å². The van der Waals surface area contributed by atoms with Crippen LogP contribution in [0.3, 0.4) is 0 Å². The van der Waals surface area contributed by atoms with Crippen LogP contribution in [0.5, 0.6) is 0 Å². The summed E-state index contributed by atoms with van der Waals surface area (Å²) in [5.41, 5.74) is 0. The highest BCUT2D eigenvalue weighted by Crippen LogP contribution is 1.67.